The Hall–Kier alpha value is -1.39. The summed E-state index contributed by atoms with van der Waals surface area (Å²) in [6, 6.07) is 0. The van der Waals surface area contributed by atoms with Crippen molar-refractivity contribution in [1.29, 1.82) is 0 Å². The molecule has 1 aliphatic carbocycles. The summed E-state index contributed by atoms with van der Waals surface area (Å²) in [7, 11) is 0. The molecule has 5 heteroatoms. The molecule has 1 saturated carbocycles. The van der Waals surface area contributed by atoms with Crippen LogP contribution in [0, 0.1) is 11.8 Å². The summed E-state index contributed by atoms with van der Waals surface area (Å²) >= 11 is 0. The minimum Gasteiger partial charge on any atom is -0.368 e. The number of hydrogen-bond acceptors (Lipinski definition) is 5. The first-order valence-corrected chi connectivity index (χ1v) is 6.31. The normalized spacial score (nSPS) is 17.2. The van der Waals surface area contributed by atoms with E-state index in [2.05, 4.69) is 41.0 Å². The summed E-state index contributed by atoms with van der Waals surface area (Å²) in [5.41, 5.74) is 5.69. The first-order valence-electron chi connectivity index (χ1n) is 6.31. The Bertz CT molecular complexity index is 386. The van der Waals surface area contributed by atoms with Gasteiger partial charge in [0.25, 0.3) is 0 Å². The molecular weight excluding hydrogens is 214 g/mol. The smallest absolute Gasteiger partial charge is 0.227 e. The van der Waals surface area contributed by atoms with E-state index in [9.17, 15) is 0 Å². The van der Waals surface area contributed by atoms with Crippen LogP contribution < -0.4 is 11.1 Å². The molecule has 2 rings (SSSR count). The number of hydrogen-bond donors (Lipinski definition) is 2. The number of nitrogens with one attached hydrogen (secondary N) is 1. The zero-order valence-electron chi connectivity index (χ0n) is 10.8. The summed E-state index contributed by atoms with van der Waals surface area (Å²) in [4.78, 5) is 12.7. The van der Waals surface area contributed by atoms with Gasteiger partial charge in [-0.1, -0.05) is 20.8 Å². The van der Waals surface area contributed by atoms with Crippen LogP contribution in [0.1, 0.15) is 45.4 Å². The molecule has 1 aromatic heterocycles. The van der Waals surface area contributed by atoms with E-state index in [4.69, 9.17) is 5.73 Å². The molecule has 1 aromatic rings. The topological polar surface area (TPSA) is 76.7 Å². The predicted octanol–water partition coefficient (Wildman–Crippen LogP) is 2.04. The summed E-state index contributed by atoms with van der Waals surface area (Å²) in [5.74, 6) is 3.51. The van der Waals surface area contributed by atoms with Crippen molar-refractivity contribution in [3.8, 4) is 0 Å². The van der Waals surface area contributed by atoms with Crippen LogP contribution in [0.25, 0.3) is 0 Å². The lowest BCUT2D eigenvalue weighted by Crippen LogP contribution is -2.18. The molecule has 1 aliphatic rings. The van der Waals surface area contributed by atoms with Gasteiger partial charge in [0.05, 0.1) is 0 Å². The Morgan fingerprint density at radius 2 is 1.94 bits per heavy atom. The number of aromatic nitrogens is 3. The van der Waals surface area contributed by atoms with E-state index in [0.29, 0.717) is 29.7 Å². The van der Waals surface area contributed by atoms with Crippen LogP contribution in [0.5, 0.6) is 0 Å². The molecule has 94 valence electrons. The third-order valence-electron chi connectivity index (χ3n) is 3.33. The van der Waals surface area contributed by atoms with E-state index in [1.807, 2.05) is 0 Å². The van der Waals surface area contributed by atoms with Crippen molar-refractivity contribution >= 4 is 11.9 Å². The average molecular weight is 235 g/mol. The Morgan fingerprint density at radius 3 is 2.53 bits per heavy atom. The predicted molar refractivity (Wildman–Crippen MR) is 68.7 cm³/mol. The quantitative estimate of drug-likeness (QED) is 0.816. The standard InChI is InChI=1S/C12H21N5/c1-7(2)8(3)6-14-12-16-10(9-4-5-9)15-11(13)17-12/h7-9H,4-6H2,1-3H3,(H3,13,14,15,16,17). The largest absolute Gasteiger partial charge is 0.368 e. The summed E-state index contributed by atoms with van der Waals surface area (Å²) < 4.78 is 0. The minimum absolute atomic E-state index is 0.321. The molecule has 5 nitrogen and oxygen atoms in total. The van der Waals surface area contributed by atoms with Gasteiger partial charge in [0.15, 0.2) is 0 Å². The van der Waals surface area contributed by atoms with Crippen molar-refractivity contribution in [3.63, 3.8) is 0 Å². The second-order valence-corrected chi connectivity index (χ2v) is 5.25. The van der Waals surface area contributed by atoms with Crippen molar-refractivity contribution in [2.45, 2.75) is 39.5 Å². The van der Waals surface area contributed by atoms with Gasteiger partial charge in [-0.15, -0.1) is 0 Å². The van der Waals surface area contributed by atoms with Crippen molar-refractivity contribution in [1.82, 2.24) is 15.0 Å². The first-order chi connectivity index (χ1) is 8.06. The molecule has 1 atom stereocenters. The van der Waals surface area contributed by atoms with Crippen molar-refractivity contribution in [2.75, 3.05) is 17.6 Å². The fraction of sp³-hybridized carbons (Fsp3) is 0.750. The molecular formula is C12H21N5. The van der Waals surface area contributed by atoms with Crippen molar-refractivity contribution in [3.05, 3.63) is 5.82 Å². The third-order valence-corrected chi connectivity index (χ3v) is 3.33. The molecule has 0 radical (unpaired) electrons. The van der Waals surface area contributed by atoms with Crippen LogP contribution in [-0.2, 0) is 0 Å². The number of nitrogens with zero attached hydrogens (tertiary/aromatic N) is 3. The molecule has 0 aromatic carbocycles. The Morgan fingerprint density at radius 1 is 1.24 bits per heavy atom. The van der Waals surface area contributed by atoms with Gasteiger partial charge in [0.2, 0.25) is 11.9 Å². The van der Waals surface area contributed by atoms with Gasteiger partial charge in [-0.25, -0.2) is 0 Å². The van der Waals surface area contributed by atoms with Gasteiger partial charge in [0.1, 0.15) is 5.82 Å². The highest BCUT2D eigenvalue weighted by Crippen LogP contribution is 2.38. The Balaban J connectivity index is 2.00. The van der Waals surface area contributed by atoms with Gasteiger partial charge >= 0.3 is 0 Å². The molecule has 1 unspecified atom stereocenters. The average Bonchev–Trinajstić information content (AvgIpc) is 3.08. The summed E-state index contributed by atoms with van der Waals surface area (Å²) in [6.45, 7) is 7.50. The lowest BCUT2D eigenvalue weighted by atomic mass is 9.98. The Labute approximate surface area is 102 Å². The fourth-order valence-corrected chi connectivity index (χ4v) is 1.50. The lowest BCUT2D eigenvalue weighted by Gasteiger charge is -2.16. The number of nitrogens with two attached hydrogens (primary N) is 1. The molecule has 1 heterocycles. The summed E-state index contributed by atoms with van der Waals surface area (Å²) in [6.07, 6.45) is 2.34. The van der Waals surface area contributed by atoms with E-state index in [1.165, 1.54) is 12.8 Å². The second-order valence-electron chi connectivity index (χ2n) is 5.25. The zero-order valence-corrected chi connectivity index (χ0v) is 10.8. The Kier molecular flexibility index (Phi) is 3.45. The van der Waals surface area contributed by atoms with Crippen LogP contribution in [0.15, 0.2) is 0 Å². The highest BCUT2D eigenvalue weighted by molar-refractivity contribution is 5.32. The van der Waals surface area contributed by atoms with Gasteiger partial charge < -0.3 is 11.1 Å². The van der Waals surface area contributed by atoms with E-state index < -0.39 is 0 Å². The molecule has 17 heavy (non-hydrogen) atoms. The van der Waals surface area contributed by atoms with Crippen LogP contribution in [-0.4, -0.2) is 21.5 Å². The first kappa shape index (κ1) is 12.1. The highest BCUT2D eigenvalue weighted by atomic mass is 15.2. The zero-order chi connectivity index (χ0) is 12.4. The molecule has 3 N–H and O–H groups in total. The monoisotopic (exact) mass is 235 g/mol. The number of anilines is 2. The maximum atomic E-state index is 5.69. The highest BCUT2D eigenvalue weighted by Gasteiger charge is 2.27. The van der Waals surface area contributed by atoms with Crippen LogP contribution >= 0.6 is 0 Å². The van der Waals surface area contributed by atoms with Crippen LogP contribution in [0.3, 0.4) is 0 Å². The van der Waals surface area contributed by atoms with E-state index in [0.717, 1.165) is 12.4 Å². The van der Waals surface area contributed by atoms with Crippen LogP contribution in [0.2, 0.25) is 0 Å². The number of nitrogen functional groups attached to an aromatic ring is 1. The molecule has 0 saturated heterocycles. The van der Waals surface area contributed by atoms with Crippen molar-refractivity contribution < 1.29 is 0 Å². The molecule has 0 amide bonds. The maximum absolute atomic E-state index is 5.69. The maximum Gasteiger partial charge on any atom is 0.227 e. The second kappa shape index (κ2) is 4.85. The molecule has 0 spiro atoms. The van der Waals surface area contributed by atoms with E-state index >= 15 is 0 Å². The molecule has 1 fully saturated rings. The van der Waals surface area contributed by atoms with Gasteiger partial charge in [0, 0.05) is 12.5 Å². The minimum atomic E-state index is 0.321. The fourth-order valence-electron chi connectivity index (χ4n) is 1.50. The van der Waals surface area contributed by atoms with Gasteiger partial charge in [-0.3, -0.25) is 0 Å². The SMILES string of the molecule is CC(C)C(C)CNc1nc(N)nc(C2CC2)n1. The molecule has 0 bridgehead atoms. The molecule has 0 aliphatic heterocycles. The summed E-state index contributed by atoms with van der Waals surface area (Å²) in [5, 5.41) is 3.25. The third kappa shape index (κ3) is 3.28. The van der Waals surface area contributed by atoms with Crippen molar-refractivity contribution in [2.24, 2.45) is 11.8 Å². The van der Waals surface area contributed by atoms with E-state index in [-0.39, 0.29) is 0 Å². The number of rotatable bonds is 5. The van der Waals surface area contributed by atoms with Crippen LogP contribution in [0.4, 0.5) is 11.9 Å². The van der Waals surface area contributed by atoms with Gasteiger partial charge in [-0.05, 0) is 24.7 Å². The van der Waals surface area contributed by atoms with E-state index in [1.54, 1.807) is 0 Å². The lowest BCUT2D eigenvalue weighted by molar-refractivity contribution is 0.439. The van der Waals surface area contributed by atoms with Gasteiger partial charge in [-0.2, -0.15) is 15.0 Å².